The SMILES string of the molecule is COc1cc(C=C2C(=O)N(c3ccccc3)C(=O)N(c3ccccc3)C2=O)cc(Br)c1Oc1ccc(C(F)(F)F)cc1[N+](=O)[O-]. The summed E-state index contributed by atoms with van der Waals surface area (Å²) in [4.78, 5) is 53.1. The summed E-state index contributed by atoms with van der Waals surface area (Å²) in [5.74, 6) is -2.45. The number of anilines is 2. The first kappa shape index (κ1) is 30.9. The molecule has 14 heteroatoms. The van der Waals surface area contributed by atoms with Gasteiger partial charge in [-0.05, 0) is 76.1 Å². The second-order valence-corrected chi connectivity index (χ2v) is 10.2. The molecular weight excluding hydrogens is 663 g/mol. The molecule has 1 saturated heterocycles. The minimum Gasteiger partial charge on any atom is -0.493 e. The van der Waals surface area contributed by atoms with Crippen LogP contribution in [0, 0.1) is 10.1 Å². The van der Waals surface area contributed by atoms with Crippen LogP contribution < -0.4 is 19.3 Å². The molecule has 1 aliphatic heterocycles. The number of amides is 4. The Hall–Kier alpha value is -5.50. The molecule has 4 amide bonds. The number of halogens is 4. The number of alkyl halides is 3. The number of rotatable bonds is 7. The molecule has 0 aliphatic carbocycles. The Morgan fingerprint density at radius 1 is 0.822 bits per heavy atom. The summed E-state index contributed by atoms with van der Waals surface area (Å²) in [7, 11) is 1.25. The molecule has 45 heavy (non-hydrogen) atoms. The van der Waals surface area contributed by atoms with Gasteiger partial charge in [0.15, 0.2) is 11.5 Å². The molecule has 0 radical (unpaired) electrons. The zero-order valence-corrected chi connectivity index (χ0v) is 24.5. The van der Waals surface area contributed by atoms with Gasteiger partial charge in [-0.3, -0.25) is 19.7 Å². The first-order valence-electron chi connectivity index (χ1n) is 12.9. The fourth-order valence-corrected chi connectivity index (χ4v) is 5.00. The number of carbonyl (C=O) groups is 3. The summed E-state index contributed by atoms with van der Waals surface area (Å²) in [5.41, 5.74) is -1.86. The molecule has 0 aromatic heterocycles. The van der Waals surface area contributed by atoms with E-state index in [0.717, 1.165) is 15.9 Å². The molecule has 5 rings (SSSR count). The van der Waals surface area contributed by atoms with Crippen LogP contribution in [0.4, 0.5) is 35.0 Å². The third-order valence-electron chi connectivity index (χ3n) is 6.54. The van der Waals surface area contributed by atoms with Crippen LogP contribution in [0.1, 0.15) is 11.1 Å². The molecule has 1 heterocycles. The highest BCUT2D eigenvalue weighted by atomic mass is 79.9. The molecule has 4 aromatic rings. The van der Waals surface area contributed by atoms with E-state index >= 15 is 0 Å². The highest BCUT2D eigenvalue weighted by Crippen LogP contribution is 2.44. The van der Waals surface area contributed by atoms with Crippen molar-refractivity contribution in [2.24, 2.45) is 0 Å². The molecule has 0 N–H and O–H groups in total. The third kappa shape index (κ3) is 6.13. The lowest BCUT2D eigenvalue weighted by Crippen LogP contribution is -2.57. The second-order valence-electron chi connectivity index (χ2n) is 9.37. The lowest BCUT2D eigenvalue weighted by Gasteiger charge is -2.34. The van der Waals surface area contributed by atoms with Crippen molar-refractivity contribution in [3.05, 3.63) is 122 Å². The van der Waals surface area contributed by atoms with Gasteiger partial charge in [-0.15, -0.1) is 0 Å². The Morgan fingerprint density at radius 3 is 1.87 bits per heavy atom. The Bertz CT molecular complexity index is 1800. The van der Waals surface area contributed by atoms with Crippen LogP contribution in [-0.2, 0) is 15.8 Å². The van der Waals surface area contributed by atoms with Gasteiger partial charge < -0.3 is 9.47 Å². The van der Waals surface area contributed by atoms with Crippen molar-refractivity contribution >= 4 is 56.9 Å². The van der Waals surface area contributed by atoms with Gasteiger partial charge in [0.2, 0.25) is 5.75 Å². The van der Waals surface area contributed by atoms with Crippen LogP contribution in [-0.4, -0.2) is 29.9 Å². The van der Waals surface area contributed by atoms with Gasteiger partial charge in [0.05, 0.1) is 33.4 Å². The summed E-state index contributed by atoms with van der Waals surface area (Å²) >= 11 is 3.28. The molecule has 0 bridgehead atoms. The first-order valence-corrected chi connectivity index (χ1v) is 13.7. The van der Waals surface area contributed by atoms with Gasteiger partial charge in [-0.2, -0.15) is 13.2 Å². The zero-order valence-electron chi connectivity index (χ0n) is 22.9. The minimum absolute atomic E-state index is 0.0444. The van der Waals surface area contributed by atoms with Gasteiger partial charge in [0.1, 0.15) is 5.57 Å². The maximum Gasteiger partial charge on any atom is 0.416 e. The summed E-state index contributed by atoms with van der Waals surface area (Å²) in [6.07, 6.45) is -3.58. The molecule has 228 valence electrons. The number of nitro groups is 1. The number of imide groups is 2. The zero-order chi connectivity index (χ0) is 32.5. The number of hydrogen-bond donors (Lipinski definition) is 0. The van der Waals surface area contributed by atoms with Crippen LogP contribution in [0.15, 0.2) is 101 Å². The summed E-state index contributed by atoms with van der Waals surface area (Å²) < 4.78 is 50.6. The largest absolute Gasteiger partial charge is 0.493 e. The van der Waals surface area contributed by atoms with E-state index < -0.39 is 45.9 Å². The number of para-hydroxylation sites is 2. The molecule has 0 saturated carbocycles. The number of benzene rings is 4. The lowest BCUT2D eigenvalue weighted by atomic mass is 10.0. The van der Waals surface area contributed by atoms with Gasteiger partial charge in [-0.1, -0.05) is 36.4 Å². The van der Waals surface area contributed by atoms with Gasteiger partial charge in [0.25, 0.3) is 11.8 Å². The van der Waals surface area contributed by atoms with Crippen molar-refractivity contribution in [2.75, 3.05) is 16.9 Å². The molecule has 4 aromatic carbocycles. The molecule has 10 nitrogen and oxygen atoms in total. The van der Waals surface area contributed by atoms with Crippen molar-refractivity contribution in [3.63, 3.8) is 0 Å². The summed E-state index contributed by atoms with van der Waals surface area (Å²) in [5, 5.41) is 11.6. The van der Waals surface area contributed by atoms with E-state index in [0.29, 0.717) is 12.1 Å². The highest BCUT2D eigenvalue weighted by molar-refractivity contribution is 9.10. The Balaban J connectivity index is 1.58. The van der Waals surface area contributed by atoms with E-state index in [1.807, 2.05) is 0 Å². The van der Waals surface area contributed by atoms with E-state index in [9.17, 15) is 37.7 Å². The normalized spacial score (nSPS) is 13.6. The van der Waals surface area contributed by atoms with Crippen molar-refractivity contribution in [1.29, 1.82) is 0 Å². The predicted molar refractivity (Wildman–Crippen MR) is 160 cm³/mol. The van der Waals surface area contributed by atoms with Gasteiger partial charge in [0, 0.05) is 6.07 Å². The fourth-order valence-electron chi connectivity index (χ4n) is 4.46. The number of hydrogen-bond acceptors (Lipinski definition) is 7. The van der Waals surface area contributed by atoms with E-state index in [1.54, 1.807) is 60.7 Å². The smallest absolute Gasteiger partial charge is 0.416 e. The van der Waals surface area contributed by atoms with Crippen LogP contribution in [0.25, 0.3) is 6.08 Å². The van der Waals surface area contributed by atoms with Crippen molar-refractivity contribution < 1.29 is 42.0 Å². The maximum atomic E-state index is 13.7. The van der Waals surface area contributed by atoms with E-state index in [1.165, 1.54) is 25.3 Å². The highest BCUT2D eigenvalue weighted by Gasteiger charge is 2.43. The van der Waals surface area contributed by atoms with Gasteiger partial charge >= 0.3 is 17.9 Å². The average Bonchev–Trinajstić information content (AvgIpc) is 3.01. The van der Waals surface area contributed by atoms with E-state index in [4.69, 9.17) is 9.47 Å². The standard InChI is InChI=1S/C31H19BrF3N3O7/c1-44-26-16-18(15-23(32)27(26)45-25-13-12-19(31(33,34)35)17-24(25)38(42)43)14-22-28(39)36(20-8-4-2-5-9-20)30(41)37(29(22)40)21-10-6-3-7-11-21/h2-17H,1H3. The fraction of sp³-hybridized carbons (Fsp3) is 0.0645. The third-order valence-corrected chi connectivity index (χ3v) is 7.13. The monoisotopic (exact) mass is 681 g/mol. The molecule has 1 fully saturated rings. The molecular formula is C31H19BrF3N3O7. The maximum absolute atomic E-state index is 13.7. The topological polar surface area (TPSA) is 119 Å². The van der Waals surface area contributed by atoms with Crippen molar-refractivity contribution in [1.82, 2.24) is 0 Å². The molecule has 0 spiro atoms. The quantitative estimate of drug-likeness (QED) is 0.0846. The minimum atomic E-state index is -4.82. The predicted octanol–water partition coefficient (Wildman–Crippen LogP) is 7.76. The van der Waals surface area contributed by atoms with E-state index in [-0.39, 0.29) is 38.5 Å². The first-order chi connectivity index (χ1) is 21.4. The number of methoxy groups -OCH3 is 1. The Morgan fingerprint density at radius 2 is 1.38 bits per heavy atom. The summed E-state index contributed by atoms with van der Waals surface area (Å²) in [6, 6.07) is 19.8. The number of barbiturate groups is 1. The molecule has 0 unspecified atom stereocenters. The number of nitro benzene ring substituents is 1. The Kier molecular flexibility index (Phi) is 8.42. The number of ether oxygens (including phenoxy) is 2. The molecule has 1 aliphatic rings. The number of carbonyl (C=O) groups excluding carboxylic acids is 3. The van der Waals surface area contributed by atoms with Crippen molar-refractivity contribution in [3.8, 4) is 17.2 Å². The van der Waals surface area contributed by atoms with Crippen LogP contribution >= 0.6 is 15.9 Å². The van der Waals surface area contributed by atoms with Crippen LogP contribution in [0.2, 0.25) is 0 Å². The lowest BCUT2D eigenvalue weighted by molar-refractivity contribution is -0.385. The second kappa shape index (κ2) is 12.2. The van der Waals surface area contributed by atoms with Crippen LogP contribution in [0.3, 0.4) is 0 Å². The van der Waals surface area contributed by atoms with Crippen molar-refractivity contribution in [2.45, 2.75) is 6.18 Å². The van der Waals surface area contributed by atoms with Gasteiger partial charge in [-0.25, -0.2) is 14.6 Å². The summed E-state index contributed by atoms with van der Waals surface area (Å²) in [6.45, 7) is 0. The number of nitrogens with zero attached hydrogens (tertiary/aromatic N) is 3. The average molecular weight is 682 g/mol. The van der Waals surface area contributed by atoms with E-state index in [2.05, 4.69) is 15.9 Å². The number of urea groups is 1. The Labute approximate surface area is 261 Å². The van der Waals surface area contributed by atoms with Crippen LogP contribution in [0.5, 0.6) is 17.2 Å². The molecule has 0 atom stereocenters.